The van der Waals surface area contributed by atoms with Crippen molar-refractivity contribution >= 4 is 5.69 Å². The van der Waals surface area contributed by atoms with Crippen LogP contribution in [0.15, 0.2) is 48.5 Å². The van der Waals surface area contributed by atoms with Crippen LogP contribution in [0.2, 0.25) is 0 Å². The fraction of sp³-hybridized carbons (Fsp3) is 0.250. The molecule has 2 aromatic rings. The molecule has 0 fully saturated rings. The molecule has 0 amide bonds. The predicted molar refractivity (Wildman–Crippen MR) is 74.3 cm³/mol. The third-order valence-electron chi connectivity index (χ3n) is 3.09. The van der Waals surface area contributed by atoms with Gasteiger partial charge in [0.25, 0.3) is 0 Å². The summed E-state index contributed by atoms with van der Waals surface area (Å²) in [6.07, 6.45) is 1.03. The number of benzene rings is 2. The Kier molecular flexibility index (Phi) is 3.98. The van der Waals surface area contributed by atoms with Crippen molar-refractivity contribution in [1.82, 2.24) is 0 Å². The van der Waals surface area contributed by atoms with Crippen LogP contribution in [0.3, 0.4) is 0 Å². The minimum atomic E-state index is -0.195. The number of nitrogens with one attached hydrogen (secondary N) is 1. The molecule has 0 bridgehead atoms. The van der Waals surface area contributed by atoms with Crippen molar-refractivity contribution in [3.05, 3.63) is 65.5 Å². The van der Waals surface area contributed by atoms with Crippen molar-refractivity contribution in [2.24, 2.45) is 0 Å². The van der Waals surface area contributed by atoms with E-state index in [1.165, 1.54) is 17.7 Å². The van der Waals surface area contributed by atoms with Gasteiger partial charge in [-0.05, 0) is 48.7 Å². The Labute approximate surface area is 108 Å². The lowest BCUT2D eigenvalue weighted by Gasteiger charge is -2.16. The number of halogens is 1. The molecule has 0 heterocycles. The minimum Gasteiger partial charge on any atom is -0.379 e. The first-order valence-corrected chi connectivity index (χ1v) is 6.30. The normalized spacial score (nSPS) is 12.2. The van der Waals surface area contributed by atoms with Crippen molar-refractivity contribution in [3.63, 3.8) is 0 Å². The highest BCUT2D eigenvalue weighted by molar-refractivity contribution is 5.47. The average Bonchev–Trinajstić information content (AvgIpc) is 2.39. The first-order valence-electron chi connectivity index (χ1n) is 6.30. The molecule has 1 atom stereocenters. The van der Waals surface area contributed by atoms with E-state index >= 15 is 0 Å². The van der Waals surface area contributed by atoms with E-state index < -0.39 is 0 Å². The molecule has 0 saturated carbocycles. The number of rotatable bonds is 4. The molecular formula is C16H18FN. The van der Waals surface area contributed by atoms with Crippen LogP contribution in [0.1, 0.15) is 31.0 Å². The second-order valence-electron chi connectivity index (χ2n) is 4.47. The molecule has 0 saturated heterocycles. The van der Waals surface area contributed by atoms with Gasteiger partial charge in [0.1, 0.15) is 5.82 Å². The third-order valence-corrected chi connectivity index (χ3v) is 3.09. The van der Waals surface area contributed by atoms with E-state index in [4.69, 9.17) is 0 Å². The standard InChI is InChI=1S/C16H18FN/c1-3-13-5-4-6-16(11-13)18-12(2)14-7-9-15(17)10-8-14/h4-12,18H,3H2,1-2H3. The molecule has 0 aliphatic rings. The van der Waals surface area contributed by atoms with Gasteiger partial charge in [0, 0.05) is 11.7 Å². The summed E-state index contributed by atoms with van der Waals surface area (Å²) in [5.41, 5.74) is 3.50. The predicted octanol–water partition coefficient (Wildman–Crippen LogP) is 4.56. The van der Waals surface area contributed by atoms with Gasteiger partial charge >= 0.3 is 0 Å². The molecule has 0 aliphatic heterocycles. The van der Waals surface area contributed by atoms with Gasteiger partial charge in [-0.25, -0.2) is 4.39 Å². The van der Waals surface area contributed by atoms with Gasteiger partial charge in [-0.1, -0.05) is 31.2 Å². The third kappa shape index (κ3) is 3.10. The number of aryl methyl sites for hydroxylation is 1. The lowest BCUT2D eigenvalue weighted by molar-refractivity contribution is 0.626. The van der Waals surface area contributed by atoms with Crippen LogP contribution in [-0.4, -0.2) is 0 Å². The molecule has 1 unspecified atom stereocenters. The lowest BCUT2D eigenvalue weighted by Crippen LogP contribution is -2.06. The van der Waals surface area contributed by atoms with E-state index in [2.05, 4.69) is 43.4 Å². The van der Waals surface area contributed by atoms with Crippen LogP contribution in [-0.2, 0) is 6.42 Å². The summed E-state index contributed by atoms with van der Waals surface area (Å²) in [6, 6.07) is 15.2. The zero-order chi connectivity index (χ0) is 13.0. The Hall–Kier alpha value is -1.83. The summed E-state index contributed by atoms with van der Waals surface area (Å²) < 4.78 is 12.9. The Morgan fingerprint density at radius 1 is 1.11 bits per heavy atom. The van der Waals surface area contributed by atoms with Gasteiger partial charge in [0.2, 0.25) is 0 Å². The smallest absolute Gasteiger partial charge is 0.123 e. The highest BCUT2D eigenvalue weighted by Crippen LogP contribution is 2.20. The van der Waals surface area contributed by atoms with Crippen LogP contribution in [0.25, 0.3) is 0 Å². The maximum Gasteiger partial charge on any atom is 0.123 e. The highest BCUT2D eigenvalue weighted by Gasteiger charge is 2.05. The maximum absolute atomic E-state index is 12.9. The van der Waals surface area contributed by atoms with Crippen molar-refractivity contribution in [3.8, 4) is 0 Å². The quantitative estimate of drug-likeness (QED) is 0.830. The van der Waals surface area contributed by atoms with Gasteiger partial charge in [-0.3, -0.25) is 0 Å². The molecule has 0 radical (unpaired) electrons. The Balaban J connectivity index is 2.10. The Morgan fingerprint density at radius 2 is 1.83 bits per heavy atom. The summed E-state index contributed by atoms with van der Waals surface area (Å²) in [4.78, 5) is 0. The average molecular weight is 243 g/mol. The summed E-state index contributed by atoms with van der Waals surface area (Å²) in [7, 11) is 0. The van der Waals surface area contributed by atoms with Crippen molar-refractivity contribution in [1.29, 1.82) is 0 Å². The second-order valence-corrected chi connectivity index (χ2v) is 4.47. The van der Waals surface area contributed by atoms with E-state index in [1.54, 1.807) is 0 Å². The van der Waals surface area contributed by atoms with Gasteiger partial charge in [0.15, 0.2) is 0 Å². The minimum absolute atomic E-state index is 0.165. The fourth-order valence-electron chi connectivity index (χ4n) is 1.97. The molecule has 0 spiro atoms. The van der Waals surface area contributed by atoms with Gasteiger partial charge in [-0.2, -0.15) is 0 Å². The molecule has 0 aliphatic carbocycles. The SMILES string of the molecule is CCc1cccc(NC(C)c2ccc(F)cc2)c1. The number of hydrogen-bond acceptors (Lipinski definition) is 1. The van der Waals surface area contributed by atoms with Crippen LogP contribution in [0.4, 0.5) is 10.1 Å². The largest absolute Gasteiger partial charge is 0.379 e. The molecule has 2 rings (SSSR count). The van der Waals surface area contributed by atoms with Crippen molar-refractivity contribution < 1.29 is 4.39 Å². The van der Waals surface area contributed by atoms with Gasteiger partial charge in [0.05, 0.1) is 0 Å². The zero-order valence-corrected chi connectivity index (χ0v) is 10.8. The lowest BCUT2D eigenvalue weighted by atomic mass is 10.1. The van der Waals surface area contributed by atoms with Crippen LogP contribution < -0.4 is 5.32 Å². The molecule has 2 aromatic carbocycles. The zero-order valence-electron chi connectivity index (χ0n) is 10.8. The van der Waals surface area contributed by atoms with Crippen LogP contribution >= 0.6 is 0 Å². The second kappa shape index (κ2) is 5.67. The maximum atomic E-state index is 12.9. The van der Waals surface area contributed by atoms with Gasteiger partial charge in [-0.15, -0.1) is 0 Å². The molecule has 1 N–H and O–H groups in total. The summed E-state index contributed by atoms with van der Waals surface area (Å²) in [5.74, 6) is -0.195. The van der Waals surface area contributed by atoms with E-state index in [0.29, 0.717) is 0 Å². The first kappa shape index (κ1) is 12.6. The van der Waals surface area contributed by atoms with E-state index in [0.717, 1.165) is 17.7 Å². The number of hydrogen-bond donors (Lipinski definition) is 1. The van der Waals surface area contributed by atoms with Crippen LogP contribution in [0, 0.1) is 5.82 Å². The fourth-order valence-corrected chi connectivity index (χ4v) is 1.97. The monoisotopic (exact) mass is 243 g/mol. The molecule has 2 heteroatoms. The molecular weight excluding hydrogens is 225 g/mol. The van der Waals surface area contributed by atoms with E-state index in [9.17, 15) is 4.39 Å². The van der Waals surface area contributed by atoms with Gasteiger partial charge < -0.3 is 5.32 Å². The van der Waals surface area contributed by atoms with E-state index in [1.807, 2.05) is 12.1 Å². The first-order chi connectivity index (χ1) is 8.69. The van der Waals surface area contributed by atoms with Crippen molar-refractivity contribution in [2.45, 2.75) is 26.3 Å². The Morgan fingerprint density at radius 3 is 2.50 bits per heavy atom. The van der Waals surface area contributed by atoms with E-state index in [-0.39, 0.29) is 11.9 Å². The topological polar surface area (TPSA) is 12.0 Å². The van der Waals surface area contributed by atoms with Crippen molar-refractivity contribution in [2.75, 3.05) is 5.32 Å². The Bertz CT molecular complexity index is 505. The molecule has 0 aromatic heterocycles. The summed E-state index contributed by atoms with van der Waals surface area (Å²) in [5, 5.41) is 3.43. The van der Waals surface area contributed by atoms with Crippen LogP contribution in [0.5, 0.6) is 0 Å². The molecule has 1 nitrogen and oxygen atoms in total. The number of anilines is 1. The molecule has 94 valence electrons. The summed E-state index contributed by atoms with van der Waals surface area (Å²) >= 11 is 0. The molecule has 18 heavy (non-hydrogen) atoms. The summed E-state index contributed by atoms with van der Waals surface area (Å²) in [6.45, 7) is 4.22. The highest BCUT2D eigenvalue weighted by atomic mass is 19.1.